The predicted molar refractivity (Wildman–Crippen MR) is 122 cm³/mol. The molecule has 3 amide bonds. The van der Waals surface area contributed by atoms with Gasteiger partial charge in [0.15, 0.2) is 0 Å². The van der Waals surface area contributed by atoms with Crippen LogP contribution < -0.4 is 5.32 Å². The zero-order valence-electron chi connectivity index (χ0n) is 19.1. The molecule has 0 radical (unpaired) electrons. The van der Waals surface area contributed by atoms with E-state index in [4.69, 9.17) is 9.84 Å². The topological polar surface area (TPSA) is 166 Å². The second-order valence-electron chi connectivity index (χ2n) is 7.85. The number of carboxylic acids is 2. The van der Waals surface area contributed by atoms with Crippen molar-refractivity contribution < 1.29 is 38.9 Å². The van der Waals surface area contributed by atoms with Gasteiger partial charge in [0.05, 0.1) is 17.7 Å². The van der Waals surface area contributed by atoms with Gasteiger partial charge in [-0.05, 0) is 25.5 Å². The first kappa shape index (κ1) is 25.4. The number of aromatic nitrogens is 1. The number of ether oxygens (including phenoxy) is 1. The average Bonchev–Trinajstić information content (AvgIpc) is 2.85. The van der Waals surface area contributed by atoms with E-state index in [2.05, 4.69) is 10.3 Å². The van der Waals surface area contributed by atoms with Gasteiger partial charge in [-0.15, -0.1) is 0 Å². The molecule has 0 spiro atoms. The van der Waals surface area contributed by atoms with Crippen molar-refractivity contribution in [1.82, 2.24) is 20.1 Å². The van der Waals surface area contributed by atoms with Crippen LogP contribution in [0.15, 0.2) is 30.3 Å². The molecule has 1 aliphatic rings. The number of aromatic carboxylic acids is 1. The number of pyridine rings is 1. The smallest absolute Gasteiger partial charge is 0.409 e. The highest BCUT2D eigenvalue weighted by Gasteiger charge is 2.31. The van der Waals surface area contributed by atoms with E-state index >= 15 is 0 Å². The van der Waals surface area contributed by atoms with Crippen molar-refractivity contribution in [3.05, 3.63) is 41.6 Å². The summed E-state index contributed by atoms with van der Waals surface area (Å²) < 4.78 is 4.96. The molecule has 186 valence electrons. The van der Waals surface area contributed by atoms with Crippen molar-refractivity contribution in [3.63, 3.8) is 0 Å². The fourth-order valence-corrected chi connectivity index (χ4v) is 3.77. The maximum Gasteiger partial charge on any atom is 0.409 e. The number of piperazine rings is 1. The first-order valence-electron chi connectivity index (χ1n) is 11.1. The lowest BCUT2D eigenvalue weighted by atomic mass is 10.1. The van der Waals surface area contributed by atoms with Gasteiger partial charge in [-0.25, -0.2) is 14.6 Å². The summed E-state index contributed by atoms with van der Waals surface area (Å²) >= 11 is 0. The number of para-hydroxylation sites is 1. The number of benzene rings is 1. The van der Waals surface area contributed by atoms with E-state index < -0.39 is 35.9 Å². The van der Waals surface area contributed by atoms with Crippen LogP contribution in [0.4, 0.5) is 4.79 Å². The molecule has 2 aromatic rings. The van der Waals surface area contributed by atoms with E-state index in [1.54, 1.807) is 31.2 Å². The first-order valence-corrected chi connectivity index (χ1v) is 11.1. The van der Waals surface area contributed by atoms with Gasteiger partial charge in [0.25, 0.3) is 5.91 Å². The molecule has 1 fully saturated rings. The quantitative estimate of drug-likeness (QED) is 0.497. The molecule has 0 bridgehead atoms. The zero-order chi connectivity index (χ0) is 25.5. The lowest BCUT2D eigenvalue weighted by Crippen LogP contribution is -2.56. The van der Waals surface area contributed by atoms with Crippen molar-refractivity contribution in [2.24, 2.45) is 0 Å². The van der Waals surface area contributed by atoms with Crippen molar-refractivity contribution in [2.75, 3.05) is 32.8 Å². The number of carbonyl (C=O) groups is 5. The molecule has 3 N–H and O–H groups in total. The first-order chi connectivity index (χ1) is 16.7. The normalized spacial score (nSPS) is 14.3. The Morgan fingerprint density at radius 1 is 1.06 bits per heavy atom. The minimum Gasteiger partial charge on any atom is -0.481 e. The van der Waals surface area contributed by atoms with Gasteiger partial charge in [-0.3, -0.25) is 14.4 Å². The Kier molecular flexibility index (Phi) is 8.18. The minimum atomic E-state index is -1.24. The monoisotopic (exact) mass is 486 g/mol. The fourth-order valence-electron chi connectivity index (χ4n) is 3.77. The van der Waals surface area contributed by atoms with Crippen molar-refractivity contribution >= 4 is 40.7 Å². The molecule has 1 unspecified atom stereocenters. The number of carboxylic acid groups (broad SMARTS) is 2. The van der Waals surface area contributed by atoms with E-state index in [1.807, 2.05) is 0 Å². The van der Waals surface area contributed by atoms with Gasteiger partial charge < -0.3 is 30.1 Å². The van der Waals surface area contributed by atoms with E-state index in [0.717, 1.165) is 6.07 Å². The third kappa shape index (κ3) is 6.22. The summed E-state index contributed by atoms with van der Waals surface area (Å²) in [5.74, 6) is -3.67. The maximum absolute atomic E-state index is 13.1. The maximum atomic E-state index is 13.1. The third-order valence-electron chi connectivity index (χ3n) is 5.55. The Labute approximate surface area is 200 Å². The summed E-state index contributed by atoms with van der Waals surface area (Å²) in [6, 6.07) is 6.39. The van der Waals surface area contributed by atoms with E-state index in [1.165, 1.54) is 9.80 Å². The van der Waals surface area contributed by atoms with Gasteiger partial charge in [-0.1, -0.05) is 18.2 Å². The number of nitrogens with one attached hydrogen (secondary N) is 1. The van der Waals surface area contributed by atoms with Gasteiger partial charge in [-0.2, -0.15) is 0 Å². The molecule has 1 aromatic carbocycles. The van der Waals surface area contributed by atoms with Crippen molar-refractivity contribution in [3.8, 4) is 0 Å². The van der Waals surface area contributed by atoms with E-state index in [-0.39, 0.29) is 56.9 Å². The molecule has 0 saturated carbocycles. The summed E-state index contributed by atoms with van der Waals surface area (Å²) in [4.78, 5) is 67.9. The highest BCUT2D eigenvalue weighted by Crippen LogP contribution is 2.19. The summed E-state index contributed by atoms with van der Waals surface area (Å²) in [5, 5.41) is 21.5. The second-order valence-corrected chi connectivity index (χ2v) is 7.85. The van der Waals surface area contributed by atoms with Crippen LogP contribution in [0, 0.1) is 0 Å². The van der Waals surface area contributed by atoms with Crippen LogP contribution in [0.1, 0.15) is 40.6 Å². The van der Waals surface area contributed by atoms with Crippen LogP contribution in [-0.2, 0) is 14.3 Å². The highest BCUT2D eigenvalue weighted by molar-refractivity contribution is 6.06. The highest BCUT2D eigenvalue weighted by atomic mass is 16.6. The number of rotatable bonds is 8. The van der Waals surface area contributed by atoms with Crippen LogP contribution in [0.2, 0.25) is 0 Å². The Bertz CT molecular complexity index is 1140. The molecule has 3 rings (SSSR count). The summed E-state index contributed by atoms with van der Waals surface area (Å²) in [6.07, 6.45) is -1.02. The Morgan fingerprint density at radius 3 is 2.34 bits per heavy atom. The molecule has 1 aliphatic heterocycles. The van der Waals surface area contributed by atoms with E-state index in [0.29, 0.717) is 10.9 Å². The molecule has 35 heavy (non-hydrogen) atoms. The Balaban J connectivity index is 1.78. The van der Waals surface area contributed by atoms with Crippen molar-refractivity contribution in [2.45, 2.75) is 25.8 Å². The standard InChI is InChI=1S/C23H26N4O8/c1-2-35-23(34)27-11-9-26(10-12-27)21(31)17(7-8-19(28)29)25-20(30)18-13-15(22(32)33)14-5-3-4-6-16(14)24-18/h3-6,13,17H,2,7-12H2,1H3,(H,25,30)(H,28,29)(H,32,33). The molecule has 1 aromatic heterocycles. The number of hydrogen-bond acceptors (Lipinski definition) is 7. The average molecular weight is 486 g/mol. The third-order valence-corrected chi connectivity index (χ3v) is 5.55. The molecular formula is C23H26N4O8. The number of aliphatic carboxylic acids is 1. The largest absolute Gasteiger partial charge is 0.481 e. The van der Waals surface area contributed by atoms with Crippen LogP contribution in [0.3, 0.4) is 0 Å². The number of hydrogen-bond donors (Lipinski definition) is 3. The minimum absolute atomic E-state index is 0.121. The van der Waals surface area contributed by atoms with Gasteiger partial charge >= 0.3 is 18.0 Å². The molecule has 2 heterocycles. The number of carbonyl (C=O) groups excluding carboxylic acids is 3. The number of amides is 3. The molecule has 0 aliphatic carbocycles. The molecule has 12 heteroatoms. The predicted octanol–water partition coefficient (Wildman–Crippen LogP) is 1.20. The Hall–Kier alpha value is -4.22. The molecule has 1 saturated heterocycles. The van der Waals surface area contributed by atoms with Gasteiger partial charge in [0.2, 0.25) is 5.91 Å². The van der Waals surface area contributed by atoms with Crippen molar-refractivity contribution in [1.29, 1.82) is 0 Å². The number of fused-ring (bicyclic) bond motifs is 1. The van der Waals surface area contributed by atoms with Gasteiger partial charge in [0, 0.05) is 38.0 Å². The van der Waals surface area contributed by atoms with Gasteiger partial charge in [0.1, 0.15) is 11.7 Å². The SMILES string of the molecule is CCOC(=O)N1CCN(C(=O)C(CCC(=O)O)NC(=O)c2cc(C(=O)O)c3ccccc3n2)CC1. The molecule has 12 nitrogen and oxygen atoms in total. The molecule has 1 atom stereocenters. The Morgan fingerprint density at radius 2 is 1.71 bits per heavy atom. The summed E-state index contributed by atoms with van der Waals surface area (Å²) in [7, 11) is 0. The fraction of sp³-hybridized carbons (Fsp3) is 0.391. The lowest BCUT2D eigenvalue weighted by molar-refractivity contribution is -0.138. The second kappa shape index (κ2) is 11.3. The zero-order valence-corrected chi connectivity index (χ0v) is 19.1. The van der Waals surface area contributed by atoms with Crippen LogP contribution in [-0.4, -0.2) is 93.7 Å². The van der Waals surface area contributed by atoms with E-state index in [9.17, 15) is 29.1 Å². The van der Waals surface area contributed by atoms with Crippen LogP contribution in [0.5, 0.6) is 0 Å². The lowest BCUT2D eigenvalue weighted by Gasteiger charge is -2.35. The summed E-state index contributed by atoms with van der Waals surface area (Å²) in [6.45, 7) is 2.77. The summed E-state index contributed by atoms with van der Waals surface area (Å²) in [5.41, 5.74) is -0.0355. The molecular weight excluding hydrogens is 460 g/mol. The number of nitrogens with zero attached hydrogens (tertiary/aromatic N) is 3. The van der Waals surface area contributed by atoms with Crippen LogP contribution >= 0.6 is 0 Å². The van der Waals surface area contributed by atoms with Crippen LogP contribution in [0.25, 0.3) is 10.9 Å².